The Morgan fingerprint density at radius 1 is 1.20 bits per heavy atom. The SMILES string of the molecule is C=C(C)C(=O)CCC(CC)(OP(=O)(O)O)C(=O)C(=C)C. The number of hydrogen-bond acceptors (Lipinski definition) is 4. The Bertz CT molecular complexity index is 475. The normalized spacial score (nSPS) is 14.4. The Morgan fingerprint density at radius 3 is 2.00 bits per heavy atom. The highest BCUT2D eigenvalue weighted by Crippen LogP contribution is 2.45. The largest absolute Gasteiger partial charge is 0.470 e. The van der Waals surface area contributed by atoms with E-state index in [1.165, 1.54) is 13.8 Å². The average Bonchev–Trinajstić information content (AvgIpc) is 2.31. The first-order chi connectivity index (χ1) is 8.95. The molecular weight excluding hydrogens is 283 g/mol. The highest BCUT2D eigenvalue weighted by atomic mass is 31.2. The second-order valence-corrected chi connectivity index (χ2v) is 5.91. The lowest BCUT2D eigenvalue weighted by molar-refractivity contribution is -0.134. The van der Waals surface area contributed by atoms with Crippen molar-refractivity contribution in [2.45, 2.75) is 45.6 Å². The zero-order valence-electron chi connectivity index (χ0n) is 12.0. The number of phosphoric acid groups is 1. The summed E-state index contributed by atoms with van der Waals surface area (Å²) in [5.41, 5.74) is -1.31. The van der Waals surface area contributed by atoms with Gasteiger partial charge in [-0.3, -0.25) is 14.1 Å². The molecule has 0 aromatic rings. The highest BCUT2D eigenvalue weighted by molar-refractivity contribution is 7.46. The topological polar surface area (TPSA) is 101 Å². The summed E-state index contributed by atoms with van der Waals surface area (Å²) in [4.78, 5) is 41.7. The van der Waals surface area contributed by atoms with E-state index in [1.807, 2.05) is 0 Å². The molecule has 0 aliphatic heterocycles. The minimum absolute atomic E-state index is 0.0211. The monoisotopic (exact) mass is 304 g/mol. The third-order valence-electron chi connectivity index (χ3n) is 2.90. The number of carbonyl (C=O) groups is 2. The third-order valence-corrected chi connectivity index (χ3v) is 3.49. The van der Waals surface area contributed by atoms with Gasteiger partial charge in [-0.2, -0.15) is 0 Å². The zero-order chi connectivity index (χ0) is 16.1. The van der Waals surface area contributed by atoms with Crippen molar-refractivity contribution >= 4 is 19.4 Å². The molecule has 2 N–H and O–H groups in total. The first kappa shape index (κ1) is 18.9. The van der Waals surface area contributed by atoms with Gasteiger partial charge in [0, 0.05) is 6.42 Å². The van der Waals surface area contributed by atoms with Gasteiger partial charge in [0.15, 0.2) is 11.6 Å². The maximum atomic E-state index is 12.2. The van der Waals surface area contributed by atoms with Crippen molar-refractivity contribution in [3.05, 3.63) is 24.3 Å². The van der Waals surface area contributed by atoms with Gasteiger partial charge in [-0.15, -0.1) is 0 Å². The summed E-state index contributed by atoms with van der Waals surface area (Å²) in [7, 11) is -4.88. The van der Waals surface area contributed by atoms with Crippen LogP contribution >= 0.6 is 7.82 Å². The fraction of sp³-hybridized carbons (Fsp3) is 0.538. The average molecular weight is 304 g/mol. The van der Waals surface area contributed by atoms with E-state index in [0.717, 1.165) is 0 Å². The van der Waals surface area contributed by atoms with Crippen LogP contribution in [0.5, 0.6) is 0 Å². The molecule has 0 amide bonds. The number of rotatable bonds is 9. The van der Waals surface area contributed by atoms with Crippen LogP contribution in [0.1, 0.15) is 40.0 Å². The molecule has 0 aromatic heterocycles. The number of ketones is 2. The van der Waals surface area contributed by atoms with Crippen LogP contribution in [0.4, 0.5) is 0 Å². The quantitative estimate of drug-likeness (QED) is 0.501. The molecular formula is C13H21O6P. The summed E-state index contributed by atoms with van der Waals surface area (Å²) in [6, 6.07) is 0. The Kier molecular flexibility index (Phi) is 6.71. The van der Waals surface area contributed by atoms with Crippen LogP contribution in [0.3, 0.4) is 0 Å². The molecule has 6 nitrogen and oxygen atoms in total. The number of carbonyl (C=O) groups excluding carboxylic acids is 2. The lowest BCUT2D eigenvalue weighted by atomic mass is 9.86. The van der Waals surface area contributed by atoms with Crippen molar-refractivity contribution in [1.82, 2.24) is 0 Å². The van der Waals surface area contributed by atoms with Crippen molar-refractivity contribution in [3.63, 3.8) is 0 Å². The summed E-state index contributed by atoms with van der Waals surface area (Å²) in [5, 5.41) is 0. The highest BCUT2D eigenvalue weighted by Gasteiger charge is 2.43. The fourth-order valence-corrected chi connectivity index (χ4v) is 2.51. The van der Waals surface area contributed by atoms with Gasteiger partial charge in [0.05, 0.1) is 0 Å². The van der Waals surface area contributed by atoms with Crippen molar-refractivity contribution < 1.29 is 28.5 Å². The summed E-state index contributed by atoms with van der Waals surface area (Å²) < 4.78 is 15.8. The smallest absolute Gasteiger partial charge is 0.303 e. The molecule has 0 radical (unpaired) electrons. The van der Waals surface area contributed by atoms with Gasteiger partial charge in [-0.1, -0.05) is 20.1 Å². The van der Waals surface area contributed by atoms with Crippen LogP contribution in [0.2, 0.25) is 0 Å². The molecule has 0 aromatic carbocycles. The molecule has 0 aliphatic carbocycles. The van der Waals surface area contributed by atoms with Gasteiger partial charge >= 0.3 is 7.82 Å². The maximum absolute atomic E-state index is 12.2. The second kappa shape index (κ2) is 7.09. The predicted octanol–water partition coefficient (Wildman–Crippen LogP) is 2.32. The molecule has 0 heterocycles. The molecule has 1 unspecified atom stereocenters. The van der Waals surface area contributed by atoms with Crippen LogP contribution in [0, 0.1) is 0 Å². The van der Waals surface area contributed by atoms with E-state index in [0.29, 0.717) is 5.57 Å². The first-order valence-corrected chi connectivity index (χ1v) is 7.63. The number of hydrogen-bond donors (Lipinski definition) is 2. The van der Waals surface area contributed by atoms with Gasteiger partial charge in [-0.05, 0) is 37.8 Å². The number of allylic oxidation sites excluding steroid dienone is 1. The van der Waals surface area contributed by atoms with Crippen molar-refractivity contribution in [1.29, 1.82) is 0 Å². The summed E-state index contributed by atoms with van der Waals surface area (Å²) in [6.45, 7) is 11.5. The van der Waals surface area contributed by atoms with Crippen LogP contribution in [-0.2, 0) is 18.7 Å². The molecule has 20 heavy (non-hydrogen) atoms. The van der Waals surface area contributed by atoms with Gasteiger partial charge in [0.25, 0.3) is 0 Å². The zero-order valence-corrected chi connectivity index (χ0v) is 12.9. The van der Waals surface area contributed by atoms with E-state index in [9.17, 15) is 14.2 Å². The van der Waals surface area contributed by atoms with Gasteiger partial charge < -0.3 is 9.79 Å². The molecule has 0 saturated heterocycles. The Labute approximate surface area is 118 Å². The van der Waals surface area contributed by atoms with E-state index in [-0.39, 0.29) is 30.6 Å². The molecule has 114 valence electrons. The lowest BCUT2D eigenvalue weighted by Gasteiger charge is -2.31. The van der Waals surface area contributed by atoms with Crippen molar-refractivity contribution in [2.24, 2.45) is 0 Å². The molecule has 7 heteroatoms. The second-order valence-electron chi connectivity index (χ2n) is 4.74. The van der Waals surface area contributed by atoms with Crippen LogP contribution in [0.25, 0.3) is 0 Å². The maximum Gasteiger partial charge on any atom is 0.470 e. The molecule has 0 spiro atoms. The molecule has 0 rings (SSSR count). The predicted molar refractivity (Wildman–Crippen MR) is 75.0 cm³/mol. The minimum atomic E-state index is -4.88. The molecule has 0 saturated carbocycles. The van der Waals surface area contributed by atoms with Crippen LogP contribution < -0.4 is 0 Å². The van der Waals surface area contributed by atoms with Gasteiger partial charge in [0.2, 0.25) is 0 Å². The van der Waals surface area contributed by atoms with E-state index in [2.05, 4.69) is 13.2 Å². The fourth-order valence-electron chi connectivity index (χ4n) is 1.75. The summed E-state index contributed by atoms with van der Waals surface area (Å²) >= 11 is 0. The molecule has 0 aliphatic rings. The molecule has 0 bridgehead atoms. The van der Waals surface area contributed by atoms with Gasteiger partial charge in [-0.25, -0.2) is 4.57 Å². The molecule has 0 fully saturated rings. The number of phosphoric ester groups is 1. The number of Topliss-reactive ketones (excluding diaryl/α,β-unsaturated/α-hetero) is 2. The standard InChI is InChI=1S/C13H21O6P/c1-6-13(12(15)10(4)5,19-20(16,17)18)8-7-11(14)9(2)3/h2,4,6-8H2,1,3,5H3,(H2,16,17,18). The summed E-state index contributed by atoms with van der Waals surface area (Å²) in [6.07, 6.45) is -0.193. The van der Waals surface area contributed by atoms with Crippen molar-refractivity contribution in [3.8, 4) is 0 Å². The Morgan fingerprint density at radius 2 is 1.70 bits per heavy atom. The van der Waals surface area contributed by atoms with Crippen LogP contribution in [-0.4, -0.2) is 27.0 Å². The van der Waals surface area contributed by atoms with Crippen LogP contribution in [0.15, 0.2) is 24.3 Å². The Hall–Kier alpha value is -1.07. The minimum Gasteiger partial charge on any atom is -0.303 e. The third kappa shape index (κ3) is 5.51. The summed E-state index contributed by atoms with van der Waals surface area (Å²) in [5.74, 6) is -0.899. The van der Waals surface area contributed by atoms with Gasteiger partial charge in [0.1, 0.15) is 5.60 Å². The molecule has 1 atom stereocenters. The first-order valence-electron chi connectivity index (χ1n) is 6.10. The van der Waals surface area contributed by atoms with E-state index in [4.69, 9.17) is 14.3 Å². The van der Waals surface area contributed by atoms with Crippen molar-refractivity contribution in [2.75, 3.05) is 0 Å². The van der Waals surface area contributed by atoms with E-state index < -0.39 is 19.2 Å². The Balaban J connectivity index is 5.38. The lowest BCUT2D eigenvalue weighted by Crippen LogP contribution is -2.41. The van der Waals surface area contributed by atoms with E-state index >= 15 is 0 Å². The van der Waals surface area contributed by atoms with E-state index in [1.54, 1.807) is 6.92 Å².